The van der Waals surface area contributed by atoms with E-state index in [2.05, 4.69) is 20.3 Å². The van der Waals surface area contributed by atoms with Crippen molar-refractivity contribution in [3.05, 3.63) is 59.2 Å². The summed E-state index contributed by atoms with van der Waals surface area (Å²) in [7, 11) is 3.23. The predicted octanol–water partition coefficient (Wildman–Crippen LogP) is 3.22. The third-order valence-corrected chi connectivity index (χ3v) is 5.39. The number of nitrogens with one attached hydrogen (secondary N) is 1. The number of hydrogen-bond donors (Lipinski definition) is 1. The van der Waals surface area contributed by atoms with Crippen LogP contribution in [0.4, 0.5) is 0 Å². The molecule has 0 amide bonds. The average Bonchev–Trinajstić information content (AvgIpc) is 3.39. The summed E-state index contributed by atoms with van der Waals surface area (Å²) in [5.41, 5.74) is 5.45. The van der Waals surface area contributed by atoms with E-state index in [0.717, 1.165) is 39.1 Å². The number of pyridine rings is 1. The fourth-order valence-corrected chi connectivity index (χ4v) is 3.65. The Morgan fingerprint density at radius 3 is 2.97 bits per heavy atom. The van der Waals surface area contributed by atoms with Crippen molar-refractivity contribution in [1.29, 1.82) is 0 Å². The van der Waals surface area contributed by atoms with E-state index >= 15 is 0 Å². The number of hydrogen-bond acceptors (Lipinski definition) is 7. The Kier molecular flexibility index (Phi) is 5.16. The zero-order chi connectivity index (χ0) is 22.1. The van der Waals surface area contributed by atoms with Crippen LogP contribution in [0.2, 0.25) is 0 Å². The van der Waals surface area contributed by atoms with E-state index in [1.807, 2.05) is 31.3 Å². The number of aromatic amines is 1. The third-order valence-electron chi connectivity index (χ3n) is 5.39. The maximum absolute atomic E-state index is 12.0. The molecule has 9 nitrogen and oxygen atoms in total. The summed E-state index contributed by atoms with van der Waals surface area (Å²) in [6, 6.07) is 7.20. The summed E-state index contributed by atoms with van der Waals surface area (Å²) in [6.45, 7) is 1.04. The zero-order valence-electron chi connectivity index (χ0n) is 17.7. The van der Waals surface area contributed by atoms with E-state index in [9.17, 15) is 4.79 Å². The van der Waals surface area contributed by atoms with Crippen LogP contribution in [-0.2, 0) is 23.1 Å². The van der Waals surface area contributed by atoms with Gasteiger partial charge >= 0.3 is 5.97 Å². The molecule has 4 heterocycles. The highest BCUT2D eigenvalue weighted by Crippen LogP contribution is 2.28. The molecule has 1 aliphatic rings. The van der Waals surface area contributed by atoms with Crippen LogP contribution < -0.4 is 4.74 Å². The monoisotopic (exact) mass is 431 g/mol. The van der Waals surface area contributed by atoms with Gasteiger partial charge in [-0.2, -0.15) is 10.2 Å². The Morgan fingerprint density at radius 1 is 1.19 bits per heavy atom. The molecule has 32 heavy (non-hydrogen) atoms. The van der Waals surface area contributed by atoms with Gasteiger partial charge in [0, 0.05) is 23.6 Å². The van der Waals surface area contributed by atoms with Gasteiger partial charge in [-0.25, -0.2) is 4.79 Å². The first-order chi connectivity index (χ1) is 15.6. The number of aromatic nitrogens is 5. The molecule has 162 valence electrons. The highest BCUT2D eigenvalue weighted by Gasteiger charge is 2.15. The van der Waals surface area contributed by atoms with Gasteiger partial charge in [-0.05, 0) is 30.4 Å². The first kappa shape index (κ1) is 20.0. The molecule has 0 fully saturated rings. The molecule has 0 radical (unpaired) electrons. The lowest BCUT2D eigenvalue weighted by atomic mass is 10.1. The van der Waals surface area contributed by atoms with Crippen LogP contribution in [-0.4, -0.2) is 51.3 Å². The number of carbonyl (C=O) groups is 1. The Balaban J connectivity index is 1.61. The van der Waals surface area contributed by atoms with Gasteiger partial charge in [0.25, 0.3) is 0 Å². The number of carbonyl (C=O) groups excluding carboxylic acids is 1. The third kappa shape index (κ3) is 3.63. The topological polar surface area (TPSA) is 104 Å². The molecule has 0 atom stereocenters. The maximum atomic E-state index is 12.0. The van der Waals surface area contributed by atoms with Crippen molar-refractivity contribution in [1.82, 2.24) is 25.0 Å². The Labute approximate surface area is 183 Å². The largest absolute Gasteiger partial charge is 0.491 e. The first-order valence-electron chi connectivity index (χ1n) is 10.1. The zero-order valence-corrected chi connectivity index (χ0v) is 17.7. The van der Waals surface area contributed by atoms with Gasteiger partial charge in [-0.1, -0.05) is 6.07 Å². The Bertz CT molecular complexity index is 1340. The minimum atomic E-state index is -0.422. The molecular formula is C23H21N5O4. The van der Waals surface area contributed by atoms with E-state index in [1.54, 1.807) is 29.2 Å². The molecule has 1 N–H and O–H groups in total. The Hall–Kier alpha value is -3.98. The maximum Gasteiger partial charge on any atom is 0.337 e. The minimum Gasteiger partial charge on any atom is -0.491 e. The van der Waals surface area contributed by atoms with Gasteiger partial charge in [0.05, 0.1) is 60.9 Å². The molecule has 0 spiro atoms. The molecule has 4 aromatic rings. The molecule has 9 heteroatoms. The van der Waals surface area contributed by atoms with Crippen molar-refractivity contribution in [3.63, 3.8) is 0 Å². The fourth-order valence-electron chi connectivity index (χ4n) is 3.65. The summed E-state index contributed by atoms with van der Waals surface area (Å²) in [4.78, 5) is 16.5. The van der Waals surface area contributed by atoms with Crippen LogP contribution in [0.15, 0.2) is 36.7 Å². The van der Waals surface area contributed by atoms with E-state index < -0.39 is 5.97 Å². The second-order valence-corrected chi connectivity index (χ2v) is 7.33. The van der Waals surface area contributed by atoms with Crippen molar-refractivity contribution in [2.45, 2.75) is 6.61 Å². The van der Waals surface area contributed by atoms with Crippen molar-refractivity contribution >= 4 is 29.0 Å². The standard InChI is InChI=1S/C23H21N5O4/c1-28-21-13-31-7-8-32-22-9-15(23(29)30-2)4-3-14(22)5-6-18-16-10-19(17(21)11-25-28)24-12-20(16)27-26-18/h3-6,9-12H,7-8,13H2,1-2H3,(H,26,27). The number of ether oxygens (including phenoxy) is 3. The Morgan fingerprint density at radius 2 is 2.09 bits per heavy atom. The van der Waals surface area contributed by atoms with E-state index in [0.29, 0.717) is 31.1 Å². The lowest BCUT2D eigenvalue weighted by Crippen LogP contribution is -2.10. The lowest BCUT2D eigenvalue weighted by Gasteiger charge is -2.12. The van der Waals surface area contributed by atoms with E-state index in [4.69, 9.17) is 14.2 Å². The molecule has 5 rings (SSSR count). The molecule has 1 aromatic carbocycles. The molecule has 1 aliphatic heterocycles. The fraction of sp³-hybridized carbons (Fsp3) is 0.217. The summed E-state index contributed by atoms with van der Waals surface area (Å²) in [5, 5.41) is 12.8. The summed E-state index contributed by atoms with van der Waals surface area (Å²) in [6.07, 6.45) is 7.37. The van der Waals surface area contributed by atoms with Crippen LogP contribution in [0, 0.1) is 0 Å². The second kappa shape index (κ2) is 8.27. The average molecular weight is 431 g/mol. The molecule has 0 aliphatic carbocycles. The van der Waals surface area contributed by atoms with Crippen molar-refractivity contribution in [2.24, 2.45) is 7.05 Å². The number of esters is 1. The first-order valence-corrected chi connectivity index (χ1v) is 10.1. The number of methoxy groups -OCH3 is 1. The second-order valence-electron chi connectivity index (χ2n) is 7.33. The van der Waals surface area contributed by atoms with Crippen molar-refractivity contribution in [2.75, 3.05) is 20.3 Å². The van der Waals surface area contributed by atoms with E-state index in [-0.39, 0.29) is 0 Å². The van der Waals surface area contributed by atoms with Crippen LogP contribution >= 0.6 is 0 Å². The van der Waals surface area contributed by atoms with Gasteiger partial charge in [-0.3, -0.25) is 14.8 Å². The normalized spacial score (nSPS) is 13.7. The number of aryl methyl sites for hydroxylation is 1. The van der Waals surface area contributed by atoms with Crippen molar-refractivity contribution < 1.29 is 19.0 Å². The SMILES string of the molecule is COC(=O)c1ccc2c(c1)OCCOCc1c(cnn1C)-c1cc3c(n[nH]c3cn1)C=C2. The van der Waals surface area contributed by atoms with Crippen LogP contribution in [0.5, 0.6) is 5.75 Å². The predicted molar refractivity (Wildman–Crippen MR) is 118 cm³/mol. The lowest BCUT2D eigenvalue weighted by molar-refractivity contribution is 0.0599. The molecule has 0 saturated heterocycles. The summed E-state index contributed by atoms with van der Waals surface area (Å²) < 4.78 is 18.4. The molecule has 0 saturated carbocycles. The van der Waals surface area contributed by atoms with Crippen molar-refractivity contribution in [3.8, 4) is 17.0 Å². The smallest absolute Gasteiger partial charge is 0.337 e. The summed E-state index contributed by atoms with van der Waals surface area (Å²) in [5.74, 6) is 0.139. The number of rotatable bonds is 1. The van der Waals surface area contributed by atoms with Crippen LogP contribution in [0.3, 0.4) is 0 Å². The highest BCUT2D eigenvalue weighted by molar-refractivity contribution is 5.93. The molecule has 3 aromatic heterocycles. The number of H-pyrrole nitrogens is 1. The van der Waals surface area contributed by atoms with Gasteiger partial charge in [-0.15, -0.1) is 0 Å². The minimum absolute atomic E-state index is 0.317. The van der Waals surface area contributed by atoms with Crippen LogP contribution in [0.1, 0.15) is 27.3 Å². The van der Waals surface area contributed by atoms with E-state index in [1.165, 1.54) is 7.11 Å². The molecule has 0 unspecified atom stereocenters. The number of nitrogens with zero attached hydrogens (tertiary/aromatic N) is 4. The van der Waals surface area contributed by atoms with Gasteiger partial charge in [0.15, 0.2) is 0 Å². The highest BCUT2D eigenvalue weighted by atomic mass is 16.5. The van der Waals surface area contributed by atoms with Crippen LogP contribution in [0.25, 0.3) is 34.3 Å². The number of fused-ring (bicyclic) bond motifs is 4. The summed E-state index contributed by atoms with van der Waals surface area (Å²) >= 11 is 0. The molecule has 2 bridgehead atoms. The van der Waals surface area contributed by atoms with Gasteiger partial charge < -0.3 is 14.2 Å². The molecular weight excluding hydrogens is 410 g/mol. The van der Waals surface area contributed by atoms with Gasteiger partial charge in [0.1, 0.15) is 12.4 Å². The number of benzene rings is 1. The van der Waals surface area contributed by atoms with Gasteiger partial charge in [0.2, 0.25) is 0 Å². The quantitative estimate of drug-likeness (QED) is 0.462.